The molecule has 2 N–H and O–H groups in total. The van der Waals surface area contributed by atoms with Crippen molar-refractivity contribution in [2.75, 3.05) is 23.9 Å². The minimum Gasteiger partial charge on any atom is -0.507 e. The van der Waals surface area contributed by atoms with Crippen LogP contribution in [0.15, 0.2) is 12.1 Å². The number of phenols is 1. The molecular formula is C22H32O5S3. The number of carbonyl (C=O) groups excluding carboxylic acids is 1. The number of carboxylic acids is 1. The Labute approximate surface area is 192 Å². The molecule has 2 rings (SSSR count). The molecular weight excluding hydrogens is 440 g/mol. The van der Waals surface area contributed by atoms with Gasteiger partial charge in [0, 0.05) is 28.7 Å². The molecule has 0 aromatic heterocycles. The maximum absolute atomic E-state index is 11.6. The van der Waals surface area contributed by atoms with Crippen molar-refractivity contribution in [1.82, 2.24) is 0 Å². The van der Waals surface area contributed by atoms with Gasteiger partial charge in [0.15, 0.2) is 5.78 Å². The topological polar surface area (TPSA) is 83.8 Å². The van der Waals surface area contributed by atoms with Crippen LogP contribution in [0, 0.1) is 0 Å². The van der Waals surface area contributed by atoms with E-state index in [2.05, 4.69) is 6.92 Å². The van der Waals surface area contributed by atoms with Gasteiger partial charge in [-0.25, -0.2) is 0 Å². The summed E-state index contributed by atoms with van der Waals surface area (Å²) in [5.41, 5.74) is 1.07. The molecule has 1 aliphatic heterocycles. The molecule has 5 nitrogen and oxygen atoms in total. The monoisotopic (exact) mass is 472 g/mol. The Kier molecular flexibility index (Phi) is 10.2. The number of hydrogen-bond donors (Lipinski definition) is 2. The van der Waals surface area contributed by atoms with Gasteiger partial charge in [0.1, 0.15) is 11.5 Å². The number of rotatable bonds is 13. The van der Waals surface area contributed by atoms with Crippen molar-refractivity contribution in [2.45, 2.75) is 62.2 Å². The van der Waals surface area contributed by atoms with Crippen molar-refractivity contribution in [3.8, 4) is 11.5 Å². The number of phenolic OH excluding ortho intramolecular Hbond substituents is 1. The second kappa shape index (κ2) is 12.2. The summed E-state index contributed by atoms with van der Waals surface area (Å²) in [6, 6.07) is 3.43. The molecule has 0 saturated carbocycles. The van der Waals surface area contributed by atoms with Gasteiger partial charge in [-0.15, -0.1) is 23.5 Å². The van der Waals surface area contributed by atoms with Crippen molar-refractivity contribution < 1.29 is 24.5 Å². The minimum absolute atomic E-state index is 0.0242. The van der Waals surface area contributed by atoms with E-state index in [4.69, 9.17) is 9.84 Å². The number of aromatic hydroxyl groups is 1. The third-order valence-electron chi connectivity index (χ3n) is 4.90. The second-order valence-corrected chi connectivity index (χ2v) is 12.3. The highest BCUT2D eigenvalue weighted by Gasteiger charge is 2.36. The number of carbonyl (C=O) groups is 2. The maximum Gasteiger partial charge on any atom is 0.303 e. The minimum atomic E-state index is -0.721. The van der Waals surface area contributed by atoms with E-state index in [1.165, 1.54) is 6.92 Å². The first kappa shape index (κ1) is 25.3. The van der Waals surface area contributed by atoms with Crippen LogP contribution in [0.4, 0.5) is 0 Å². The summed E-state index contributed by atoms with van der Waals surface area (Å²) in [5, 5.41) is 19.9. The lowest BCUT2D eigenvalue weighted by Gasteiger charge is -2.21. The fourth-order valence-corrected chi connectivity index (χ4v) is 8.09. The number of thioether (sulfide) groups is 3. The van der Waals surface area contributed by atoms with Gasteiger partial charge in [-0.3, -0.25) is 9.59 Å². The van der Waals surface area contributed by atoms with Crippen LogP contribution in [0.1, 0.15) is 62.4 Å². The average molecular weight is 473 g/mol. The molecule has 30 heavy (non-hydrogen) atoms. The Bertz CT molecular complexity index is 740. The molecule has 8 heteroatoms. The van der Waals surface area contributed by atoms with Gasteiger partial charge in [0.25, 0.3) is 0 Å². The molecule has 2 atom stereocenters. The summed E-state index contributed by atoms with van der Waals surface area (Å²) >= 11 is 5.72. The Morgan fingerprint density at radius 2 is 2.13 bits per heavy atom. The van der Waals surface area contributed by atoms with E-state index in [1.54, 1.807) is 12.1 Å². The van der Waals surface area contributed by atoms with E-state index < -0.39 is 5.97 Å². The molecule has 1 aliphatic rings. The molecule has 168 valence electrons. The molecule has 1 aromatic rings. The quantitative estimate of drug-likeness (QED) is 0.288. The van der Waals surface area contributed by atoms with Crippen molar-refractivity contribution in [3.63, 3.8) is 0 Å². The second-order valence-electron chi connectivity index (χ2n) is 7.60. The molecule has 0 spiro atoms. The average Bonchev–Trinajstić information content (AvgIpc) is 3.06. The Hall–Kier alpha value is -0.990. The lowest BCUT2D eigenvalue weighted by Crippen LogP contribution is -2.15. The van der Waals surface area contributed by atoms with Crippen LogP contribution >= 0.6 is 35.3 Å². The van der Waals surface area contributed by atoms with Gasteiger partial charge in [0.2, 0.25) is 0 Å². The number of Topliss-reactive ketones (excluding diaryl/α,β-unsaturated/α-hetero) is 1. The Morgan fingerprint density at radius 3 is 2.80 bits per heavy atom. The highest BCUT2D eigenvalue weighted by Crippen LogP contribution is 2.51. The van der Waals surface area contributed by atoms with E-state index in [0.717, 1.165) is 35.7 Å². The highest BCUT2D eigenvalue weighted by molar-refractivity contribution is 8.22. The van der Waals surface area contributed by atoms with Gasteiger partial charge in [-0.05, 0) is 51.0 Å². The maximum atomic E-state index is 11.6. The number of ketones is 1. The zero-order chi connectivity index (χ0) is 22.1. The smallest absolute Gasteiger partial charge is 0.303 e. The first-order chi connectivity index (χ1) is 14.3. The normalized spacial score (nSPS) is 21.0. The number of aliphatic carboxylic acids is 1. The number of benzene rings is 1. The molecule has 1 saturated heterocycles. The third kappa shape index (κ3) is 7.61. The SMILES string of the molecule is CCCc1c(OCCCSCC2CSC(C)(CCC(=O)O)S2)ccc(C(C)=O)c1O. The van der Waals surface area contributed by atoms with Crippen molar-refractivity contribution in [2.24, 2.45) is 0 Å². The molecule has 1 heterocycles. The summed E-state index contributed by atoms with van der Waals surface area (Å²) in [6.07, 6.45) is 3.39. The van der Waals surface area contributed by atoms with Crippen LogP contribution in [0.25, 0.3) is 0 Å². The Balaban J connectivity index is 1.72. The van der Waals surface area contributed by atoms with Gasteiger partial charge >= 0.3 is 5.97 Å². The van der Waals surface area contributed by atoms with Gasteiger partial charge in [0.05, 0.1) is 16.2 Å². The molecule has 1 fully saturated rings. The lowest BCUT2D eigenvalue weighted by molar-refractivity contribution is -0.137. The van der Waals surface area contributed by atoms with Crippen molar-refractivity contribution in [1.29, 1.82) is 0 Å². The predicted octanol–water partition coefficient (Wildman–Crippen LogP) is 5.48. The lowest BCUT2D eigenvalue weighted by atomic mass is 10.0. The summed E-state index contributed by atoms with van der Waals surface area (Å²) in [4.78, 5) is 22.5. The van der Waals surface area contributed by atoms with Gasteiger partial charge < -0.3 is 14.9 Å². The van der Waals surface area contributed by atoms with Crippen LogP contribution in [0.3, 0.4) is 0 Å². The van der Waals surface area contributed by atoms with E-state index in [9.17, 15) is 14.7 Å². The Morgan fingerprint density at radius 1 is 1.37 bits per heavy atom. The van der Waals surface area contributed by atoms with Crippen LogP contribution in [-0.4, -0.2) is 55.2 Å². The van der Waals surface area contributed by atoms with Crippen LogP contribution in [0.2, 0.25) is 0 Å². The molecule has 0 bridgehead atoms. The summed E-state index contributed by atoms with van der Waals surface area (Å²) in [6.45, 7) is 6.22. The summed E-state index contributed by atoms with van der Waals surface area (Å²) in [5.74, 6) is 2.99. The van der Waals surface area contributed by atoms with E-state index >= 15 is 0 Å². The molecule has 0 radical (unpaired) electrons. The highest BCUT2D eigenvalue weighted by atomic mass is 32.2. The standard InChI is InChI=1S/C22H32O5S3/c1-4-6-18-19(8-7-17(15(2)23)21(18)26)27-11-5-12-28-13-16-14-29-22(3,30-16)10-9-20(24)25/h7-8,16,26H,4-6,9-14H2,1-3H3,(H,24,25). The zero-order valence-electron chi connectivity index (χ0n) is 17.9. The third-order valence-corrected chi connectivity index (χ3v) is 9.93. The first-order valence-corrected chi connectivity index (χ1v) is 13.4. The van der Waals surface area contributed by atoms with Crippen LogP contribution < -0.4 is 4.74 Å². The van der Waals surface area contributed by atoms with Crippen molar-refractivity contribution >= 4 is 47.0 Å². The molecule has 1 aromatic carbocycles. The molecule has 0 aliphatic carbocycles. The van der Waals surface area contributed by atoms with E-state index in [1.807, 2.05) is 42.2 Å². The number of ether oxygens (including phenoxy) is 1. The van der Waals surface area contributed by atoms with Crippen LogP contribution in [0.5, 0.6) is 11.5 Å². The van der Waals surface area contributed by atoms with Crippen LogP contribution in [-0.2, 0) is 11.2 Å². The molecule has 2 unspecified atom stereocenters. The first-order valence-electron chi connectivity index (χ1n) is 10.4. The summed E-state index contributed by atoms with van der Waals surface area (Å²) < 4.78 is 5.94. The fraction of sp³-hybridized carbons (Fsp3) is 0.636. The van der Waals surface area contributed by atoms with Gasteiger partial charge in [-0.1, -0.05) is 13.3 Å². The summed E-state index contributed by atoms with van der Waals surface area (Å²) in [7, 11) is 0. The van der Waals surface area contributed by atoms with E-state index in [0.29, 0.717) is 36.0 Å². The largest absolute Gasteiger partial charge is 0.507 e. The van der Waals surface area contributed by atoms with E-state index in [-0.39, 0.29) is 22.0 Å². The number of hydrogen-bond acceptors (Lipinski definition) is 7. The fourth-order valence-electron chi connectivity index (χ4n) is 3.32. The molecule has 0 amide bonds. The zero-order valence-corrected chi connectivity index (χ0v) is 20.4. The van der Waals surface area contributed by atoms with Crippen molar-refractivity contribution in [3.05, 3.63) is 23.3 Å². The number of carboxylic acid groups (broad SMARTS) is 1. The van der Waals surface area contributed by atoms with Gasteiger partial charge in [-0.2, -0.15) is 11.8 Å². The predicted molar refractivity (Wildman–Crippen MR) is 129 cm³/mol.